The first kappa shape index (κ1) is 17.8. The molecule has 0 bridgehead atoms. The van der Waals surface area contributed by atoms with Gasteiger partial charge >= 0.3 is 0 Å². The van der Waals surface area contributed by atoms with Crippen LogP contribution in [0.4, 0.5) is 0 Å². The predicted molar refractivity (Wildman–Crippen MR) is 103 cm³/mol. The van der Waals surface area contributed by atoms with E-state index in [1.54, 1.807) is 6.26 Å². The van der Waals surface area contributed by atoms with E-state index in [1.165, 1.54) is 25.7 Å². The molecule has 3 fully saturated rings. The number of likely N-dealkylation sites (tertiary alicyclic amines) is 2. The molecule has 1 amide bonds. The number of furan rings is 1. The fourth-order valence-electron chi connectivity index (χ4n) is 4.27. The van der Waals surface area contributed by atoms with Crippen LogP contribution in [-0.4, -0.2) is 60.5 Å². The molecule has 2 saturated heterocycles. The Balaban J connectivity index is 1.20. The number of carbonyl (C=O) groups excluding carboxylic acids is 1. The Hall–Kier alpha value is -1.59. The highest BCUT2D eigenvalue weighted by atomic mass is 16.3. The molecular weight excluding hydrogens is 326 g/mol. The van der Waals surface area contributed by atoms with Gasteiger partial charge in [-0.15, -0.1) is 0 Å². The lowest BCUT2D eigenvalue weighted by atomic mass is 9.93. The highest BCUT2D eigenvalue weighted by molar-refractivity contribution is 5.79. The van der Waals surface area contributed by atoms with E-state index in [1.807, 2.05) is 12.1 Å². The first-order chi connectivity index (χ1) is 12.8. The minimum absolute atomic E-state index is 0.207. The zero-order chi connectivity index (χ0) is 17.8. The Morgan fingerprint density at radius 3 is 2.77 bits per heavy atom. The average molecular weight is 357 g/mol. The topological polar surface area (TPSA) is 48.7 Å². The molecule has 1 aromatic rings. The Kier molecular flexibility index (Phi) is 5.75. The molecule has 142 valence electrons. The molecule has 0 radical (unpaired) electrons. The van der Waals surface area contributed by atoms with Crippen LogP contribution in [0.25, 0.3) is 6.08 Å². The van der Waals surface area contributed by atoms with Crippen molar-refractivity contribution in [1.29, 1.82) is 0 Å². The molecule has 1 atom stereocenters. The maximum absolute atomic E-state index is 12.4. The Morgan fingerprint density at radius 2 is 2.04 bits per heavy atom. The summed E-state index contributed by atoms with van der Waals surface area (Å²) in [5, 5.41) is 3.20. The van der Waals surface area contributed by atoms with E-state index in [9.17, 15) is 4.79 Å². The largest absolute Gasteiger partial charge is 0.465 e. The van der Waals surface area contributed by atoms with Crippen LogP contribution in [0.3, 0.4) is 0 Å². The summed E-state index contributed by atoms with van der Waals surface area (Å²) in [6.45, 7) is 5.39. The Bertz CT molecular complexity index is 601. The van der Waals surface area contributed by atoms with Crippen molar-refractivity contribution in [2.75, 3.05) is 32.7 Å². The van der Waals surface area contributed by atoms with Crippen molar-refractivity contribution in [2.45, 2.75) is 50.6 Å². The van der Waals surface area contributed by atoms with Crippen molar-refractivity contribution in [2.24, 2.45) is 5.92 Å². The van der Waals surface area contributed by atoms with Crippen molar-refractivity contribution in [3.05, 3.63) is 30.2 Å². The second-order valence-electron chi connectivity index (χ2n) is 8.07. The highest BCUT2D eigenvalue weighted by Gasteiger charge is 2.33. The van der Waals surface area contributed by atoms with Gasteiger partial charge in [0.25, 0.3) is 0 Å². The maximum atomic E-state index is 12.4. The molecule has 1 saturated carbocycles. The van der Waals surface area contributed by atoms with Gasteiger partial charge in [-0.05, 0) is 76.4 Å². The van der Waals surface area contributed by atoms with Crippen LogP contribution in [-0.2, 0) is 4.79 Å². The average Bonchev–Trinajstić information content (AvgIpc) is 3.34. The number of piperidine rings is 2. The lowest BCUT2D eigenvalue weighted by Crippen LogP contribution is -2.51. The molecule has 5 heteroatoms. The molecule has 1 aromatic heterocycles. The number of nitrogens with zero attached hydrogens (tertiary/aromatic N) is 2. The van der Waals surface area contributed by atoms with Crippen molar-refractivity contribution in [3.8, 4) is 0 Å². The van der Waals surface area contributed by atoms with E-state index >= 15 is 0 Å². The summed E-state index contributed by atoms with van der Waals surface area (Å²) < 4.78 is 5.33. The van der Waals surface area contributed by atoms with Gasteiger partial charge in [-0.25, -0.2) is 0 Å². The van der Waals surface area contributed by atoms with Gasteiger partial charge in [-0.1, -0.05) is 6.08 Å². The summed E-state index contributed by atoms with van der Waals surface area (Å²) >= 11 is 0. The molecule has 0 spiro atoms. The minimum atomic E-state index is 0.207. The van der Waals surface area contributed by atoms with E-state index < -0.39 is 0 Å². The monoisotopic (exact) mass is 357 g/mol. The first-order valence-electron chi connectivity index (χ1n) is 10.2. The smallest absolute Gasteiger partial charge is 0.224 e. The van der Waals surface area contributed by atoms with Crippen molar-refractivity contribution < 1.29 is 9.21 Å². The van der Waals surface area contributed by atoms with E-state index in [0.717, 1.165) is 51.3 Å². The predicted octanol–water partition coefficient (Wildman–Crippen LogP) is 2.75. The van der Waals surface area contributed by atoms with Crippen molar-refractivity contribution in [1.82, 2.24) is 15.1 Å². The maximum Gasteiger partial charge on any atom is 0.224 e. The summed E-state index contributed by atoms with van der Waals surface area (Å²) in [5.41, 5.74) is 0. The number of rotatable bonds is 6. The number of nitrogens with one attached hydrogen (secondary N) is 1. The summed E-state index contributed by atoms with van der Waals surface area (Å²) in [5.74, 6) is 1.43. The zero-order valence-electron chi connectivity index (χ0n) is 15.6. The summed E-state index contributed by atoms with van der Waals surface area (Å²) in [4.78, 5) is 17.5. The summed E-state index contributed by atoms with van der Waals surface area (Å²) in [6, 6.07) is 5.03. The Labute approximate surface area is 156 Å². The molecule has 4 rings (SSSR count). The van der Waals surface area contributed by atoms with Crippen molar-refractivity contribution >= 4 is 12.0 Å². The standard InChI is InChI=1S/C21H31N3O2/c25-21(22-18-7-8-18)17-4-1-12-24(16-17)19-9-13-23(14-10-19)11-2-5-20-6-3-15-26-20/h2-3,5-6,15,17-19H,1,4,7-14,16H2,(H,22,25)/b5-2+/t17-/m1/s1. The van der Waals surface area contributed by atoms with Crippen LogP contribution >= 0.6 is 0 Å². The Morgan fingerprint density at radius 1 is 1.19 bits per heavy atom. The molecule has 1 aliphatic carbocycles. The van der Waals surface area contributed by atoms with Crippen molar-refractivity contribution in [3.63, 3.8) is 0 Å². The highest BCUT2D eigenvalue weighted by Crippen LogP contribution is 2.25. The van der Waals surface area contributed by atoms with Crippen LogP contribution in [0.5, 0.6) is 0 Å². The molecule has 3 heterocycles. The van der Waals surface area contributed by atoms with Gasteiger partial charge < -0.3 is 9.73 Å². The van der Waals surface area contributed by atoms with Crippen LogP contribution in [0.15, 0.2) is 28.9 Å². The van der Waals surface area contributed by atoms with E-state index in [4.69, 9.17) is 4.42 Å². The van der Waals surface area contributed by atoms with Gasteiger partial charge in [0.1, 0.15) is 5.76 Å². The SMILES string of the molecule is O=C(NC1CC1)[C@@H]1CCCN(C2CCN(C/C=C/c3ccco3)CC2)C1. The van der Waals surface area contributed by atoms with E-state index in [2.05, 4.69) is 27.3 Å². The van der Waals surface area contributed by atoms with Gasteiger partial charge in [0.2, 0.25) is 5.91 Å². The van der Waals surface area contributed by atoms with Gasteiger partial charge in [0, 0.05) is 25.2 Å². The summed E-state index contributed by atoms with van der Waals surface area (Å²) in [6.07, 6.45) is 13.0. The second kappa shape index (κ2) is 8.40. The summed E-state index contributed by atoms with van der Waals surface area (Å²) in [7, 11) is 0. The second-order valence-corrected chi connectivity index (χ2v) is 8.07. The number of hydrogen-bond donors (Lipinski definition) is 1. The molecule has 1 N–H and O–H groups in total. The fraction of sp³-hybridized carbons (Fsp3) is 0.667. The lowest BCUT2D eigenvalue weighted by Gasteiger charge is -2.41. The molecule has 0 unspecified atom stereocenters. The molecular formula is C21H31N3O2. The number of hydrogen-bond acceptors (Lipinski definition) is 4. The van der Waals surface area contributed by atoms with E-state index in [-0.39, 0.29) is 5.92 Å². The van der Waals surface area contributed by atoms with Crippen LogP contribution in [0.2, 0.25) is 0 Å². The van der Waals surface area contributed by atoms with E-state index in [0.29, 0.717) is 18.0 Å². The molecule has 3 aliphatic rings. The lowest BCUT2D eigenvalue weighted by molar-refractivity contribution is -0.127. The number of amides is 1. The third kappa shape index (κ3) is 4.77. The minimum Gasteiger partial charge on any atom is -0.465 e. The quantitative estimate of drug-likeness (QED) is 0.850. The van der Waals surface area contributed by atoms with Gasteiger partial charge in [0.05, 0.1) is 12.2 Å². The first-order valence-corrected chi connectivity index (χ1v) is 10.2. The van der Waals surface area contributed by atoms with Gasteiger partial charge in [-0.3, -0.25) is 14.6 Å². The van der Waals surface area contributed by atoms with Crippen LogP contribution in [0.1, 0.15) is 44.3 Å². The zero-order valence-corrected chi connectivity index (χ0v) is 15.6. The normalized spacial score (nSPS) is 26.4. The van der Waals surface area contributed by atoms with Crippen LogP contribution in [0, 0.1) is 5.92 Å². The molecule has 26 heavy (non-hydrogen) atoms. The number of carbonyl (C=O) groups is 1. The molecule has 5 nitrogen and oxygen atoms in total. The third-order valence-corrected chi connectivity index (χ3v) is 6.01. The molecule has 0 aromatic carbocycles. The third-order valence-electron chi connectivity index (χ3n) is 6.01. The molecule has 2 aliphatic heterocycles. The van der Waals surface area contributed by atoms with Gasteiger partial charge in [-0.2, -0.15) is 0 Å². The fourth-order valence-corrected chi connectivity index (χ4v) is 4.27. The van der Waals surface area contributed by atoms with Crippen LogP contribution < -0.4 is 5.32 Å². The van der Waals surface area contributed by atoms with Gasteiger partial charge in [0.15, 0.2) is 0 Å².